The summed E-state index contributed by atoms with van der Waals surface area (Å²) >= 11 is 6.32. The Morgan fingerprint density at radius 2 is 1.64 bits per heavy atom. The highest BCUT2D eigenvalue weighted by Crippen LogP contribution is 2.38. The number of hydrogen-bond donors (Lipinski definition) is 1. The molecule has 2 aromatic carbocycles. The number of rotatable bonds is 7. The summed E-state index contributed by atoms with van der Waals surface area (Å²) in [5, 5.41) is 14.8. The van der Waals surface area contributed by atoms with E-state index in [4.69, 9.17) is 25.8 Å². The van der Waals surface area contributed by atoms with Gasteiger partial charge in [0, 0.05) is 33.9 Å². The molecule has 0 atom stereocenters. The fourth-order valence-electron chi connectivity index (χ4n) is 4.22. The van der Waals surface area contributed by atoms with Crippen LogP contribution in [0.1, 0.15) is 24.0 Å². The SMILES string of the molecule is CCOc1ccc(-n2c(C)c3c(C)nnc(Nc4ccc(OC)c(Cl)c4)c3c2C)c(OC)c1. The van der Waals surface area contributed by atoms with Gasteiger partial charge >= 0.3 is 0 Å². The van der Waals surface area contributed by atoms with Crippen molar-refractivity contribution in [2.75, 3.05) is 26.1 Å². The van der Waals surface area contributed by atoms with E-state index in [1.54, 1.807) is 14.2 Å². The van der Waals surface area contributed by atoms with Crippen molar-refractivity contribution in [2.24, 2.45) is 0 Å². The molecule has 0 spiro atoms. The van der Waals surface area contributed by atoms with Gasteiger partial charge in [-0.15, -0.1) is 5.10 Å². The maximum atomic E-state index is 6.32. The number of aromatic nitrogens is 3. The molecule has 0 saturated carbocycles. The van der Waals surface area contributed by atoms with Gasteiger partial charge in [-0.1, -0.05) is 11.6 Å². The van der Waals surface area contributed by atoms with Crippen LogP contribution in [0.2, 0.25) is 5.02 Å². The van der Waals surface area contributed by atoms with Crippen molar-refractivity contribution in [3.05, 3.63) is 58.5 Å². The topological polar surface area (TPSA) is 70.4 Å². The third-order valence-corrected chi connectivity index (χ3v) is 5.96. The van der Waals surface area contributed by atoms with Crippen molar-refractivity contribution in [2.45, 2.75) is 27.7 Å². The minimum atomic E-state index is 0.517. The largest absolute Gasteiger partial charge is 0.495 e. The highest BCUT2D eigenvalue weighted by Gasteiger charge is 2.21. The van der Waals surface area contributed by atoms with E-state index >= 15 is 0 Å². The summed E-state index contributed by atoms with van der Waals surface area (Å²) in [6, 6.07) is 11.4. The standard InChI is InChI=1S/C25H27ClN4O3/c1-7-33-18-9-10-20(22(13-18)32-6)30-15(3)23-14(2)28-29-25(24(23)16(30)4)27-17-8-11-21(31-5)19(26)12-17/h8-13H,7H2,1-6H3,(H,27,29). The molecule has 33 heavy (non-hydrogen) atoms. The molecule has 1 N–H and O–H groups in total. The normalized spacial score (nSPS) is 11.0. The van der Waals surface area contributed by atoms with E-state index in [0.717, 1.165) is 50.7 Å². The molecule has 2 heterocycles. The lowest BCUT2D eigenvalue weighted by Gasteiger charge is -2.15. The van der Waals surface area contributed by atoms with Gasteiger partial charge in [0.05, 0.1) is 37.2 Å². The predicted molar refractivity (Wildman–Crippen MR) is 132 cm³/mol. The highest BCUT2D eigenvalue weighted by molar-refractivity contribution is 6.32. The quantitative estimate of drug-likeness (QED) is 0.352. The van der Waals surface area contributed by atoms with Gasteiger partial charge in [0.1, 0.15) is 17.2 Å². The third kappa shape index (κ3) is 4.04. The number of halogens is 1. The van der Waals surface area contributed by atoms with Gasteiger partial charge < -0.3 is 24.1 Å². The van der Waals surface area contributed by atoms with Crippen molar-refractivity contribution < 1.29 is 14.2 Å². The molecule has 0 radical (unpaired) electrons. The van der Waals surface area contributed by atoms with Crippen LogP contribution in [0.3, 0.4) is 0 Å². The van der Waals surface area contributed by atoms with Crippen LogP contribution in [0.5, 0.6) is 17.2 Å². The molecule has 7 nitrogen and oxygen atoms in total. The zero-order valence-electron chi connectivity index (χ0n) is 19.6. The minimum absolute atomic E-state index is 0.517. The van der Waals surface area contributed by atoms with E-state index in [-0.39, 0.29) is 0 Å². The molecule has 0 unspecified atom stereocenters. The van der Waals surface area contributed by atoms with Crippen LogP contribution in [-0.4, -0.2) is 35.6 Å². The second-order valence-electron chi connectivity index (χ2n) is 7.63. The number of fused-ring (bicyclic) bond motifs is 1. The Morgan fingerprint density at radius 1 is 0.909 bits per heavy atom. The van der Waals surface area contributed by atoms with Crippen molar-refractivity contribution in [1.29, 1.82) is 0 Å². The summed E-state index contributed by atoms with van der Waals surface area (Å²) in [5.41, 5.74) is 4.64. The van der Waals surface area contributed by atoms with Gasteiger partial charge in [-0.05, 0) is 58.0 Å². The van der Waals surface area contributed by atoms with Gasteiger partial charge in [-0.3, -0.25) is 0 Å². The van der Waals surface area contributed by atoms with Crippen molar-refractivity contribution in [3.8, 4) is 22.9 Å². The number of hydrogen-bond acceptors (Lipinski definition) is 6. The van der Waals surface area contributed by atoms with Crippen LogP contribution in [0.25, 0.3) is 16.5 Å². The Labute approximate surface area is 198 Å². The molecule has 172 valence electrons. The molecule has 2 aromatic heterocycles. The number of anilines is 2. The molecule has 0 aliphatic rings. The monoisotopic (exact) mass is 466 g/mol. The molecule has 0 aliphatic heterocycles. The van der Waals surface area contributed by atoms with E-state index in [1.165, 1.54) is 0 Å². The summed E-state index contributed by atoms with van der Waals surface area (Å²) in [5.74, 6) is 2.76. The molecule has 4 rings (SSSR count). The first-order chi connectivity index (χ1) is 15.9. The molecular formula is C25H27ClN4O3. The summed E-state index contributed by atoms with van der Waals surface area (Å²) in [7, 11) is 3.25. The first-order valence-corrected chi connectivity index (χ1v) is 11.0. The molecular weight excluding hydrogens is 440 g/mol. The second-order valence-corrected chi connectivity index (χ2v) is 8.04. The lowest BCUT2D eigenvalue weighted by molar-refractivity contribution is 0.336. The van der Waals surface area contributed by atoms with Crippen molar-refractivity contribution >= 4 is 33.9 Å². The molecule has 8 heteroatoms. The average molecular weight is 467 g/mol. The first kappa shape index (κ1) is 22.7. The Bertz CT molecular complexity index is 1330. The van der Waals surface area contributed by atoms with E-state index in [9.17, 15) is 0 Å². The van der Waals surface area contributed by atoms with Gasteiger partial charge in [-0.25, -0.2) is 0 Å². The van der Waals surface area contributed by atoms with Crippen molar-refractivity contribution in [3.63, 3.8) is 0 Å². The van der Waals surface area contributed by atoms with Crippen LogP contribution in [0, 0.1) is 20.8 Å². The summed E-state index contributed by atoms with van der Waals surface area (Å²) in [6.07, 6.45) is 0. The Morgan fingerprint density at radius 3 is 2.30 bits per heavy atom. The van der Waals surface area contributed by atoms with Crippen molar-refractivity contribution in [1.82, 2.24) is 14.8 Å². The molecule has 0 aliphatic carbocycles. The number of nitrogens with one attached hydrogen (secondary N) is 1. The zero-order valence-corrected chi connectivity index (χ0v) is 20.4. The van der Waals surface area contributed by atoms with Crippen LogP contribution < -0.4 is 19.5 Å². The van der Waals surface area contributed by atoms with E-state index in [2.05, 4.69) is 33.9 Å². The third-order valence-electron chi connectivity index (χ3n) is 5.66. The number of methoxy groups -OCH3 is 2. The molecule has 4 aromatic rings. The maximum absolute atomic E-state index is 6.32. The molecule has 0 fully saturated rings. The Balaban J connectivity index is 1.88. The Kier molecular flexibility index (Phi) is 6.33. The average Bonchev–Trinajstić information content (AvgIpc) is 3.07. The maximum Gasteiger partial charge on any atom is 0.162 e. The zero-order chi connectivity index (χ0) is 23.7. The second kappa shape index (κ2) is 9.19. The van der Waals surface area contributed by atoms with Gasteiger partial charge in [0.25, 0.3) is 0 Å². The number of aryl methyl sites for hydroxylation is 3. The van der Waals surface area contributed by atoms with Crippen LogP contribution in [0.4, 0.5) is 11.5 Å². The van der Waals surface area contributed by atoms with Gasteiger partial charge in [0.15, 0.2) is 5.82 Å². The summed E-state index contributed by atoms with van der Waals surface area (Å²) in [6.45, 7) is 8.66. The van der Waals surface area contributed by atoms with Gasteiger partial charge in [0.2, 0.25) is 0 Å². The highest BCUT2D eigenvalue weighted by atomic mass is 35.5. The fourth-order valence-corrected chi connectivity index (χ4v) is 4.48. The van der Waals surface area contributed by atoms with Gasteiger partial charge in [-0.2, -0.15) is 5.10 Å². The van der Waals surface area contributed by atoms with E-state index < -0.39 is 0 Å². The Hall–Kier alpha value is -3.45. The lowest BCUT2D eigenvalue weighted by atomic mass is 10.1. The van der Waals surface area contributed by atoms with Crippen LogP contribution in [-0.2, 0) is 0 Å². The summed E-state index contributed by atoms with van der Waals surface area (Å²) in [4.78, 5) is 0. The number of nitrogens with zero attached hydrogens (tertiary/aromatic N) is 3. The number of benzene rings is 2. The fraction of sp³-hybridized carbons (Fsp3) is 0.280. The lowest BCUT2D eigenvalue weighted by Crippen LogP contribution is -2.03. The molecule has 0 amide bonds. The van der Waals surface area contributed by atoms with Crippen LogP contribution in [0.15, 0.2) is 36.4 Å². The predicted octanol–water partition coefficient (Wildman–Crippen LogP) is 6.16. The van der Waals surface area contributed by atoms with E-state index in [1.807, 2.05) is 50.2 Å². The molecule has 0 bridgehead atoms. The summed E-state index contributed by atoms with van der Waals surface area (Å²) < 4.78 is 18.8. The molecule has 0 saturated heterocycles. The van der Waals surface area contributed by atoms with Crippen LogP contribution >= 0.6 is 11.6 Å². The minimum Gasteiger partial charge on any atom is -0.495 e. The first-order valence-electron chi connectivity index (χ1n) is 10.7. The number of ether oxygens (including phenoxy) is 3. The van der Waals surface area contributed by atoms with E-state index in [0.29, 0.717) is 23.2 Å². The smallest absolute Gasteiger partial charge is 0.162 e.